The van der Waals surface area contributed by atoms with Crippen LogP contribution in [0, 0.1) is 0 Å². The normalized spacial score (nSPS) is 10.8. The van der Waals surface area contributed by atoms with Gasteiger partial charge in [0.15, 0.2) is 0 Å². The number of carbonyl (C=O) groups excluding carboxylic acids is 1. The maximum absolute atomic E-state index is 12.1. The molecule has 0 aromatic heterocycles. The molecule has 0 aliphatic rings. The molecular formula is C20H33BrN2O. The SMILES string of the molecule is CCCCCCCCCCCCNC(=O)c1ccc(CN)c(Br)c1. The number of benzene rings is 1. The number of carbonyl (C=O) groups is 1. The molecule has 0 bridgehead atoms. The fourth-order valence-electron chi connectivity index (χ4n) is 2.77. The van der Waals surface area contributed by atoms with Crippen LogP contribution in [0.2, 0.25) is 0 Å². The standard InChI is InChI=1S/C20H33BrN2O/c1-2-3-4-5-6-7-8-9-10-11-14-23-20(24)17-12-13-18(16-22)19(21)15-17/h12-13,15H,2-11,14,16,22H2,1H3,(H,23,24). The second kappa shape index (κ2) is 13.4. The maximum Gasteiger partial charge on any atom is 0.251 e. The lowest BCUT2D eigenvalue weighted by Crippen LogP contribution is -2.24. The van der Waals surface area contributed by atoms with Gasteiger partial charge >= 0.3 is 0 Å². The quantitative estimate of drug-likeness (QED) is 0.428. The van der Waals surface area contributed by atoms with Crippen LogP contribution in [0.3, 0.4) is 0 Å². The monoisotopic (exact) mass is 396 g/mol. The number of nitrogens with two attached hydrogens (primary N) is 1. The van der Waals surface area contributed by atoms with E-state index in [9.17, 15) is 4.79 Å². The van der Waals surface area contributed by atoms with Crippen LogP contribution in [0.25, 0.3) is 0 Å². The summed E-state index contributed by atoms with van der Waals surface area (Å²) in [4.78, 5) is 12.1. The van der Waals surface area contributed by atoms with Crippen LogP contribution >= 0.6 is 15.9 Å². The Hall–Kier alpha value is -0.870. The van der Waals surface area contributed by atoms with Gasteiger partial charge in [-0.05, 0) is 24.1 Å². The summed E-state index contributed by atoms with van der Waals surface area (Å²) in [6.07, 6.45) is 13.1. The molecule has 0 heterocycles. The molecule has 0 radical (unpaired) electrons. The van der Waals surface area contributed by atoms with Gasteiger partial charge in [-0.25, -0.2) is 0 Å². The molecule has 0 saturated carbocycles. The van der Waals surface area contributed by atoms with Gasteiger partial charge in [-0.3, -0.25) is 4.79 Å². The van der Waals surface area contributed by atoms with Crippen molar-refractivity contribution in [3.63, 3.8) is 0 Å². The minimum atomic E-state index is -0.00445. The second-order valence-corrected chi connectivity index (χ2v) is 7.30. The summed E-state index contributed by atoms with van der Waals surface area (Å²) in [5.74, 6) is -0.00445. The van der Waals surface area contributed by atoms with E-state index in [1.807, 2.05) is 18.2 Å². The van der Waals surface area contributed by atoms with E-state index in [0.29, 0.717) is 12.1 Å². The summed E-state index contributed by atoms with van der Waals surface area (Å²) < 4.78 is 0.900. The van der Waals surface area contributed by atoms with Gasteiger partial charge in [0.2, 0.25) is 0 Å². The van der Waals surface area contributed by atoms with Crippen molar-refractivity contribution >= 4 is 21.8 Å². The lowest BCUT2D eigenvalue weighted by atomic mass is 10.1. The third-order valence-corrected chi connectivity index (χ3v) is 5.09. The van der Waals surface area contributed by atoms with Crippen LogP contribution in [-0.4, -0.2) is 12.5 Å². The predicted octanol–water partition coefficient (Wildman–Crippen LogP) is 5.56. The highest BCUT2D eigenvalue weighted by molar-refractivity contribution is 9.10. The van der Waals surface area contributed by atoms with Crippen LogP contribution in [-0.2, 0) is 6.54 Å². The Bertz CT molecular complexity index is 477. The van der Waals surface area contributed by atoms with Crippen molar-refractivity contribution in [2.75, 3.05) is 6.54 Å². The Labute approximate surface area is 155 Å². The Morgan fingerprint density at radius 3 is 2.12 bits per heavy atom. The summed E-state index contributed by atoms with van der Waals surface area (Å²) in [5, 5.41) is 3.00. The van der Waals surface area contributed by atoms with Crippen LogP contribution < -0.4 is 11.1 Å². The molecule has 136 valence electrons. The minimum absolute atomic E-state index is 0.00445. The first-order valence-electron chi connectivity index (χ1n) is 9.45. The Kier molecular flexibility index (Phi) is 11.8. The van der Waals surface area contributed by atoms with E-state index in [0.717, 1.165) is 23.0 Å². The van der Waals surface area contributed by atoms with Gasteiger partial charge in [0, 0.05) is 23.1 Å². The van der Waals surface area contributed by atoms with E-state index in [1.54, 1.807) is 0 Å². The molecule has 0 unspecified atom stereocenters. The fraction of sp³-hybridized carbons (Fsp3) is 0.650. The number of rotatable bonds is 13. The van der Waals surface area contributed by atoms with Crippen molar-refractivity contribution in [2.24, 2.45) is 5.73 Å². The molecule has 1 amide bonds. The zero-order valence-corrected chi connectivity index (χ0v) is 16.7. The highest BCUT2D eigenvalue weighted by Crippen LogP contribution is 2.18. The van der Waals surface area contributed by atoms with Crippen molar-refractivity contribution in [3.8, 4) is 0 Å². The molecule has 24 heavy (non-hydrogen) atoms. The van der Waals surface area contributed by atoms with Crippen molar-refractivity contribution in [2.45, 2.75) is 77.7 Å². The van der Waals surface area contributed by atoms with E-state index in [2.05, 4.69) is 28.2 Å². The molecular weight excluding hydrogens is 364 g/mol. The highest BCUT2D eigenvalue weighted by atomic mass is 79.9. The highest BCUT2D eigenvalue weighted by Gasteiger charge is 2.07. The number of amides is 1. The third-order valence-electron chi connectivity index (χ3n) is 4.35. The number of hydrogen-bond donors (Lipinski definition) is 2. The van der Waals surface area contributed by atoms with Gasteiger partial charge in [0.25, 0.3) is 5.91 Å². The largest absolute Gasteiger partial charge is 0.352 e. The average molecular weight is 397 g/mol. The van der Waals surface area contributed by atoms with E-state index in [-0.39, 0.29) is 5.91 Å². The van der Waals surface area contributed by atoms with Gasteiger partial charge in [0.05, 0.1) is 0 Å². The fourth-order valence-corrected chi connectivity index (χ4v) is 3.31. The molecule has 0 saturated heterocycles. The van der Waals surface area contributed by atoms with Crippen LogP contribution in [0.15, 0.2) is 22.7 Å². The van der Waals surface area contributed by atoms with Gasteiger partial charge in [0.1, 0.15) is 0 Å². The molecule has 4 heteroatoms. The molecule has 1 rings (SSSR count). The molecule has 3 nitrogen and oxygen atoms in total. The van der Waals surface area contributed by atoms with Gasteiger partial charge in [-0.15, -0.1) is 0 Å². The first-order valence-corrected chi connectivity index (χ1v) is 10.2. The van der Waals surface area contributed by atoms with Gasteiger partial charge in [-0.2, -0.15) is 0 Å². The zero-order valence-electron chi connectivity index (χ0n) is 15.1. The third kappa shape index (κ3) is 8.84. The molecule has 0 aliphatic heterocycles. The summed E-state index contributed by atoms with van der Waals surface area (Å²) >= 11 is 3.45. The predicted molar refractivity (Wildman–Crippen MR) is 106 cm³/mol. The molecule has 1 aromatic rings. The summed E-state index contributed by atoms with van der Waals surface area (Å²) in [5.41, 5.74) is 7.33. The lowest BCUT2D eigenvalue weighted by Gasteiger charge is -2.07. The van der Waals surface area contributed by atoms with Crippen LogP contribution in [0.4, 0.5) is 0 Å². The minimum Gasteiger partial charge on any atom is -0.352 e. The van der Waals surface area contributed by atoms with Crippen LogP contribution in [0.1, 0.15) is 87.1 Å². The molecule has 0 fully saturated rings. The molecule has 0 aliphatic carbocycles. The van der Waals surface area contributed by atoms with E-state index >= 15 is 0 Å². The van der Waals surface area contributed by atoms with E-state index in [1.165, 1.54) is 57.8 Å². The van der Waals surface area contributed by atoms with Crippen molar-refractivity contribution in [1.82, 2.24) is 5.32 Å². The number of hydrogen-bond acceptors (Lipinski definition) is 2. The maximum atomic E-state index is 12.1. The number of halogens is 1. The summed E-state index contributed by atoms with van der Waals surface area (Å²) in [7, 11) is 0. The average Bonchev–Trinajstić information content (AvgIpc) is 2.59. The second-order valence-electron chi connectivity index (χ2n) is 6.45. The number of unbranched alkanes of at least 4 members (excludes halogenated alkanes) is 9. The first kappa shape index (κ1) is 21.2. The molecule has 0 atom stereocenters. The Morgan fingerprint density at radius 1 is 1.00 bits per heavy atom. The van der Waals surface area contributed by atoms with E-state index in [4.69, 9.17) is 5.73 Å². The van der Waals surface area contributed by atoms with Gasteiger partial charge < -0.3 is 11.1 Å². The molecule has 0 spiro atoms. The van der Waals surface area contributed by atoms with Crippen molar-refractivity contribution in [1.29, 1.82) is 0 Å². The smallest absolute Gasteiger partial charge is 0.251 e. The molecule has 1 aromatic carbocycles. The zero-order chi connectivity index (χ0) is 17.6. The summed E-state index contributed by atoms with van der Waals surface area (Å²) in [6, 6.07) is 5.58. The number of nitrogens with one attached hydrogen (secondary N) is 1. The van der Waals surface area contributed by atoms with E-state index < -0.39 is 0 Å². The molecule has 3 N–H and O–H groups in total. The Morgan fingerprint density at radius 2 is 1.58 bits per heavy atom. The first-order chi connectivity index (χ1) is 11.7. The van der Waals surface area contributed by atoms with Crippen LogP contribution in [0.5, 0.6) is 0 Å². The van der Waals surface area contributed by atoms with Crippen molar-refractivity contribution < 1.29 is 4.79 Å². The lowest BCUT2D eigenvalue weighted by molar-refractivity contribution is 0.0953. The van der Waals surface area contributed by atoms with Gasteiger partial charge in [-0.1, -0.05) is 86.7 Å². The topological polar surface area (TPSA) is 55.1 Å². The Balaban J connectivity index is 2.05. The summed E-state index contributed by atoms with van der Waals surface area (Å²) in [6.45, 7) is 3.49. The van der Waals surface area contributed by atoms with Crippen molar-refractivity contribution in [3.05, 3.63) is 33.8 Å².